The fourth-order valence-electron chi connectivity index (χ4n) is 1.73. The molecule has 0 aliphatic carbocycles. The Balaban J connectivity index is 0.000000791. The highest BCUT2D eigenvalue weighted by molar-refractivity contribution is 4.70. The van der Waals surface area contributed by atoms with Gasteiger partial charge in [0.15, 0.2) is 0 Å². The van der Waals surface area contributed by atoms with Gasteiger partial charge in [-0.1, -0.05) is 33.6 Å². The molecule has 2 heteroatoms. The molecule has 1 heterocycles. The molecule has 1 fully saturated rings. The van der Waals surface area contributed by atoms with Gasteiger partial charge in [0.25, 0.3) is 0 Å². The molecular formula is C12H27NO. The number of rotatable bonds is 4. The molecule has 0 bridgehead atoms. The molecule has 1 aliphatic rings. The molecular weight excluding hydrogens is 174 g/mol. The van der Waals surface area contributed by atoms with Gasteiger partial charge in [-0.05, 0) is 25.8 Å². The molecule has 2 nitrogen and oxygen atoms in total. The average molecular weight is 201 g/mol. The second kappa shape index (κ2) is 9.47. The van der Waals surface area contributed by atoms with E-state index in [4.69, 9.17) is 0 Å². The van der Waals surface area contributed by atoms with Crippen molar-refractivity contribution in [3.63, 3.8) is 0 Å². The van der Waals surface area contributed by atoms with E-state index in [1.807, 2.05) is 13.8 Å². The molecule has 1 aliphatic heterocycles. The van der Waals surface area contributed by atoms with Gasteiger partial charge in [0.1, 0.15) is 0 Å². The highest BCUT2D eigenvalue weighted by Crippen LogP contribution is 2.10. The third-order valence-corrected chi connectivity index (χ3v) is 2.63. The van der Waals surface area contributed by atoms with Crippen molar-refractivity contribution in [2.24, 2.45) is 0 Å². The topological polar surface area (TPSA) is 23.5 Å². The summed E-state index contributed by atoms with van der Waals surface area (Å²) < 4.78 is 0. The van der Waals surface area contributed by atoms with Gasteiger partial charge in [-0.15, -0.1) is 0 Å². The van der Waals surface area contributed by atoms with E-state index in [2.05, 4.69) is 11.8 Å². The zero-order valence-electron chi connectivity index (χ0n) is 10.1. The minimum absolute atomic E-state index is 0.0209. The lowest BCUT2D eigenvalue weighted by Gasteiger charge is -2.29. The standard InChI is InChI=1S/C10H21NO.C2H6/c1-2-3-4-7-11-8-5-10(12)6-9-11;1-2/h10,12H,2-9H2,1H3;1-2H3. The molecule has 0 atom stereocenters. The van der Waals surface area contributed by atoms with Crippen molar-refractivity contribution in [1.82, 2.24) is 4.90 Å². The Morgan fingerprint density at radius 1 is 1.14 bits per heavy atom. The van der Waals surface area contributed by atoms with Gasteiger partial charge in [-0.3, -0.25) is 0 Å². The fraction of sp³-hybridized carbons (Fsp3) is 1.00. The second-order valence-electron chi connectivity index (χ2n) is 3.78. The van der Waals surface area contributed by atoms with Crippen LogP contribution in [0.5, 0.6) is 0 Å². The van der Waals surface area contributed by atoms with E-state index in [1.165, 1.54) is 25.8 Å². The molecule has 0 spiro atoms. The predicted molar refractivity (Wildman–Crippen MR) is 62.6 cm³/mol. The Morgan fingerprint density at radius 2 is 1.71 bits per heavy atom. The van der Waals surface area contributed by atoms with Crippen LogP contribution in [-0.4, -0.2) is 35.7 Å². The van der Waals surface area contributed by atoms with Crippen LogP contribution in [0.15, 0.2) is 0 Å². The van der Waals surface area contributed by atoms with Gasteiger partial charge < -0.3 is 10.0 Å². The van der Waals surface area contributed by atoms with E-state index in [-0.39, 0.29) is 6.10 Å². The lowest BCUT2D eigenvalue weighted by atomic mass is 10.1. The third kappa shape index (κ3) is 6.39. The monoisotopic (exact) mass is 201 g/mol. The zero-order valence-corrected chi connectivity index (χ0v) is 10.1. The van der Waals surface area contributed by atoms with Crippen LogP contribution in [0.1, 0.15) is 52.9 Å². The van der Waals surface area contributed by atoms with Crippen molar-refractivity contribution in [2.45, 2.75) is 59.0 Å². The minimum Gasteiger partial charge on any atom is -0.393 e. The van der Waals surface area contributed by atoms with Crippen LogP contribution in [0.2, 0.25) is 0 Å². The smallest absolute Gasteiger partial charge is 0.0564 e. The van der Waals surface area contributed by atoms with Gasteiger partial charge in [0, 0.05) is 13.1 Å². The van der Waals surface area contributed by atoms with Crippen molar-refractivity contribution < 1.29 is 5.11 Å². The number of aliphatic hydroxyl groups is 1. The summed E-state index contributed by atoms with van der Waals surface area (Å²) in [6.45, 7) is 9.68. The number of piperidine rings is 1. The van der Waals surface area contributed by atoms with E-state index in [9.17, 15) is 5.11 Å². The summed E-state index contributed by atoms with van der Waals surface area (Å²) >= 11 is 0. The van der Waals surface area contributed by atoms with E-state index in [0.717, 1.165) is 25.9 Å². The lowest BCUT2D eigenvalue weighted by molar-refractivity contribution is 0.0818. The number of aliphatic hydroxyl groups excluding tert-OH is 1. The summed E-state index contributed by atoms with van der Waals surface area (Å²) in [5.74, 6) is 0. The first-order valence-corrected chi connectivity index (χ1v) is 6.23. The summed E-state index contributed by atoms with van der Waals surface area (Å²) in [5.41, 5.74) is 0. The van der Waals surface area contributed by atoms with Gasteiger partial charge in [-0.2, -0.15) is 0 Å². The van der Waals surface area contributed by atoms with E-state index in [0.29, 0.717) is 0 Å². The maximum atomic E-state index is 9.27. The molecule has 0 amide bonds. The van der Waals surface area contributed by atoms with Crippen LogP contribution in [0.3, 0.4) is 0 Å². The third-order valence-electron chi connectivity index (χ3n) is 2.63. The number of unbranched alkanes of at least 4 members (excludes halogenated alkanes) is 2. The van der Waals surface area contributed by atoms with Crippen molar-refractivity contribution in [1.29, 1.82) is 0 Å². The molecule has 14 heavy (non-hydrogen) atoms. The molecule has 0 saturated carbocycles. The summed E-state index contributed by atoms with van der Waals surface area (Å²) in [5, 5.41) is 9.27. The molecule has 0 aromatic heterocycles. The zero-order chi connectivity index (χ0) is 10.8. The van der Waals surface area contributed by atoms with Crippen LogP contribution in [-0.2, 0) is 0 Å². The Hall–Kier alpha value is -0.0800. The van der Waals surface area contributed by atoms with Gasteiger partial charge in [0.2, 0.25) is 0 Å². The van der Waals surface area contributed by atoms with Crippen molar-refractivity contribution in [2.75, 3.05) is 19.6 Å². The van der Waals surface area contributed by atoms with Gasteiger partial charge >= 0.3 is 0 Å². The first-order chi connectivity index (χ1) is 6.83. The Kier molecular flexibility index (Phi) is 9.42. The Bertz CT molecular complexity index is 109. The molecule has 0 unspecified atom stereocenters. The average Bonchev–Trinajstić information content (AvgIpc) is 2.24. The quantitative estimate of drug-likeness (QED) is 0.707. The molecule has 0 aromatic rings. The van der Waals surface area contributed by atoms with E-state index >= 15 is 0 Å². The van der Waals surface area contributed by atoms with Gasteiger partial charge in [-0.25, -0.2) is 0 Å². The molecule has 1 saturated heterocycles. The second-order valence-corrected chi connectivity index (χ2v) is 3.78. The van der Waals surface area contributed by atoms with Crippen LogP contribution >= 0.6 is 0 Å². The molecule has 86 valence electrons. The fourth-order valence-corrected chi connectivity index (χ4v) is 1.73. The Morgan fingerprint density at radius 3 is 2.21 bits per heavy atom. The minimum atomic E-state index is -0.0209. The maximum absolute atomic E-state index is 9.27. The molecule has 0 radical (unpaired) electrons. The molecule has 1 rings (SSSR count). The summed E-state index contributed by atoms with van der Waals surface area (Å²) in [6, 6.07) is 0. The van der Waals surface area contributed by atoms with Crippen LogP contribution < -0.4 is 0 Å². The number of hydrogen-bond acceptors (Lipinski definition) is 2. The maximum Gasteiger partial charge on any atom is 0.0564 e. The van der Waals surface area contributed by atoms with E-state index < -0.39 is 0 Å². The predicted octanol–water partition coefficient (Wildman–Crippen LogP) is 2.66. The van der Waals surface area contributed by atoms with Crippen molar-refractivity contribution >= 4 is 0 Å². The van der Waals surface area contributed by atoms with Crippen molar-refractivity contribution in [3.8, 4) is 0 Å². The lowest BCUT2D eigenvalue weighted by Crippen LogP contribution is -2.36. The molecule has 0 aromatic carbocycles. The van der Waals surface area contributed by atoms with E-state index in [1.54, 1.807) is 0 Å². The summed E-state index contributed by atoms with van der Waals surface area (Å²) in [6.07, 6.45) is 5.91. The van der Waals surface area contributed by atoms with Gasteiger partial charge in [0.05, 0.1) is 6.10 Å². The Labute approximate surface area is 89.3 Å². The first-order valence-electron chi connectivity index (χ1n) is 6.23. The SMILES string of the molecule is CC.CCCCCN1CCC(O)CC1. The first kappa shape index (κ1) is 13.9. The van der Waals surface area contributed by atoms with Crippen molar-refractivity contribution in [3.05, 3.63) is 0 Å². The number of likely N-dealkylation sites (tertiary alicyclic amines) is 1. The number of hydrogen-bond donors (Lipinski definition) is 1. The normalized spacial score (nSPS) is 18.9. The largest absolute Gasteiger partial charge is 0.393 e. The highest BCUT2D eigenvalue weighted by atomic mass is 16.3. The summed E-state index contributed by atoms with van der Waals surface area (Å²) in [7, 11) is 0. The highest BCUT2D eigenvalue weighted by Gasteiger charge is 2.15. The summed E-state index contributed by atoms with van der Waals surface area (Å²) in [4.78, 5) is 2.47. The van der Waals surface area contributed by atoms with Crippen LogP contribution in [0, 0.1) is 0 Å². The van der Waals surface area contributed by atoms with Crippen LogP contribution in [0.4, 0.5) is 0 Å². The van der Waals surface area contributed by atoms with Crippen LogP contribution in [0.25, 0.3) is 0 Å². The number of nitrogens with zero attached hydrogens (tertiary/aromatic N) is 1. The molecule has 1 N–H and O–H groups in total.